The van der Waals surface area contributed by atoms with E-state index in [0.29, 0.717) is 0 Å². The van der Waals surface area contributed by atoms with Crippen molar-refractivity contribution in [2.24, 2.45) is 0 Å². The second-order valence-electron chi connectivity index (χ2n) is 12.1. The molecule has 4 heteroatoms. The fraction of sp³-hybridized carbons (Fsp3) is 0. The third kappa shape index (κ3) is 3.92. The Balaban J connectivity index is 1.04. The minimum Gasteiger partial charge on any atom is -0.309 e. The molecule has 3 aromatic heterocycles. The molecule has 10 rings (SSSR count). The van der Waals surface area contributed by atoms with Crippen molar-refractivity contribution in [2.75, 3.05) is 0 Å². The molecule has 0 aliphatic rings. The molecular formula is C43H28N4. The molecule has 10 aromatic rings. The third-order valence-corrected chi connectivity index (χ3v) is 9.47. The number of nitrogens with zero attached hydrogens (tertiary/aromatic N) is 4. The number of hydrogen-bond acceptors (Lipinski definition) is 1. The van der Waals surface area contributed by atoms with Gasteiger partial charge < -0.3 is 4.57 Å². The molecule has 0 amide bonds. The number of para-hydroxylation sites is 5. The van der Waals surface area contributed by atoms with Gasteiger partial charge in [-0.05, 0) is 89.0 Å². The predicted octanol–water partition coefficient (Wildman–Crippen LogP) is 10.9. The van der Waals surface area contributed by atoms with Crippen LogP contribution in [0.1, 0.15) is 0 Å². The number of imidazole rings is 2. The van der Waals surface area contributed by atoms with Crippen molar-refractivity contribution in [3.63, 3.8) is 0 Å². The fourth-order valence-electron chi connectivity index (χ4n) is 7.27. The first-order valence-electron chi connectivity index (χ1n) is 16.0. The maximum atomic E-state index is 5.03. The molecule has 0 aliphatic heterocycles. The van der Waals surface area contributed by atoms with Crippen LogP contribution in [-0.4, -0.2) is 18.5 Å². The van der Waals surface area contributed by atoms with Crippen LogP contribution in [0.15, 0.2) is 170 Å². The van der Waals surface area contributed by atoms with Gasteiger partial charge in [-0.3, -0.25) is 8.97 Å². The van der Waals surface area contributed by atoms with Crippen LogP contribution in [0.25, 0.3) is 83.3 Å². The lowest BCUT2D eigenvalue weighted by atomic mass is 10.0. The Morgan fingerprint density at radius 1 is 0.340 bits per heavy atom. The highest BCUT2D eigenvalue weighted by Crippen LogP contribution is 2.36. The van der Waals surface area contributed by atoms with E-state index in [-0.39, 0.29) is 0 Å². The number of rotatable bonds is 4. The van der Waals surface area contributed by atoms with Gasteiger partial charge in [-0.25, -0.2) is 4.98 Å². The van der Waals surface area contributed by atoms with Crippen LogP contribution < -0.4 is 0 Å². The minimum atomic E-state index is 0.923. The second-order valence-corrected chi connectivity index (χ2v) is 12.1. The molecule has 0 bridgehead atoms. The van der Waals surface area contributed by atoms with Crippen molar-refractivity contribution in [1.29, 1.82) is 0 Å². The van der Waals surface area contributed by atoms with Gasteiger partial charge in [0.05, 0.1) is 33.1 Å². The summed E-state index contributed by atoms with van der Waals surface area (Å²) < 4.78 is 6.89. The summed E-state index contributed by atoms with van der Waals surface area (Å²) in [5, 5.41) is 2.52. The molecular weight excluding hydrogens is 573 g/mol. The highest BCUT2D eigenvalue weighted by molar-refractivity contribution is 6.10. The lowest BCUT2D eigenvalue weighted by molar-refractivity contribution is 1.11. The van der Waals surface area contributed by atoms with Gasteiger partial charge in [0.2, 0.25) is 5.78 Å². The number of aromatic nitrogens is 4. The molecule has 0 spiro atoms. The zero-order valence-corrected chi connectivity index (χ0v) is 25.5. The molecule has 220 valence electrons. The monoisotopic (exact) mass is 600 g/mol. The molecule has 0 radical (unpaired) electrons. The summed E-state index contributed by atoms with van der Waals surface area (Å²) in [4.78, 5) is 5.03. The predicted molar refractivity (Wildman–Crippen MR) is 195 cm³/mol. The summed E-state index contributed by atoms with van der Waals surface area (Å²) in [7, 11) is 0. The summed E-state index contributed by atoms with van der Waals surface area (Å²) in [6.07, 6.45) is 0. The molecule has 4 nitrogen and oxygen atoms in total. The summed E-state index contributed by atoms with van der Waals surface area (Å²) in [5.41, 5.74) is 13.9. The molecule has 0 fully saturated rings. The van der Waals surface area contributed by atoms with Crippen molar-refractivity contribution in [1.82, 2.24) is 18.5 Å². The largest absolute Gasteiger partial charge is 0.309 e. The molecule has 0 saturated carbocycles. The van der Waals surface area contributed by atoms with E-state index < -0.39 is 0 Å². The van der Waals surface area contributed by atoms with E-state index in [2.05, 4.69) is 177 Å². The van der Waals surface area contributed by atoms with Gasteiger partial charge in [-0.1, -0.05) is 103 Å². The van der Waals surface area contributed by atoms with E-state index in [1.807, 2.05) is 6.07 Å². The molecule has 0 N–H and O–H groups in total. The van der Waals surface area contributed by atoms with E-state index in [1.54, 1.807) is 0 Å². The first-order valence-corrected chi connectivity index (χ1v) is 16.0. The first-order chi connectivity index (χ1) is 23.3. The summed E-state index contributed by atoms with van der Waals surface area (Å²) in [5.74, 6) is 0.923. The van der Waals surface area contributed by atoms with Crippen molar-refractivity contribution in [3.05, 3.63) is 170 Å². The van der Waals surface area contributed by atoms with E-state index in [4.69, 9.17) is 4.98 Å². The van der Waals surface area contributed by atoms with Crippen molar-refractivity contribution < 1.29 is 0 Å². The van der Waals surface area contributed by atoms with Gasteiger partial charge in [0, 0.05) is 22.1 Å². The molecule has 0 unspecified atom stereocenters. The van der Waals surface area contributed by atoms with Gasteiger partial charge in [-0.15, -0.1) is 0 Å². The van der Waals surface area contributed by atoms with Crippen LogP contribution in [0, 0.1) is 0 Å². The topological polar surface area (TPSA) is 27.2 Å². The smallest absolute Gasteiger partial charge is 0.220 e. The van der Waals surface area contributed by atoms with E-state index >= 15 is 0 Å². The van der Waals surface area contributed by atoms with Crippen molar-refractivity contribution in [3.8, 4) is 33.6 Å². The quantitative estimate of drug-likeness (QED) is 0.197. The Kier molecular flexibility index (Phi) is 5.54. The lowest BCUT2D eigenvalue weighted by Gasteiger charge is -2.11. The Bertz CT molecular complexity index is 2760. The fourth-order valence-corrected chi connectivity index (χ4v) is 7.27. The van der Waals surface area contributed by atoms with Crippen LogP contribution in [0.2, 0.25) is 0 Å². The number of hydrogen-bond donors (Lipinski definition) is 0. The third-order valence-electron chi connectivity index (χ3n) is 9.47. The number of benzene rings is 7. The van der Waals surface area contributed by atoms with E-state index in [9.17, 15) is 0 Å². The zero-order chi connectivity index (χ0) is 30.9. The van der Waals surface area contributed by atoms with Crippen molar-refractivity contribution in [2.45, 2.75) is 0 Å². The normalized spacial score (nSPS) is 11.8. The Labute approximate surface area is 271 Å². The van der Waals surface area contributed by atoms with Gasteiger partial charge in [0.15, 0.2) is 0 Å². The average Bonchev–Trinajstić information content (AvgIpc) is 3.79. The van der Waals surface area contributed by atoms with Crippen LogP contribution in [0.3, 0.4) is 0 Å². The maximum absolute atomic E-state index is 5.03. The van der Waals surface area contributed by atoms with Gasteiger partial charge in [0.1, 0.15) is 0 Å². The van der Waals surface area contributed by atoms with E-state index in [0.717, 1.165) is 39.2 Å². The molecule has 47 heavy (non-hydrogen) atoms. The van der Waals surface area contributed by atoms with Crippen LogP contribution in [0.5, 0.6) is 0 Å². The average molecular weight is 601 g/mol. The standard InChI is InChI=1S/C43H28N4/c1-2-10-29(11-3-1)32-22-27-39-36(28-32)35-12-4-6-14-38(35)45(39)33-23-18-30(19-24-33)31-20-25-34(26-21-31)46-41-16-8-9-17-42(41)47-40-15-7-5-13-37(40)44-43(46)47/h1-28H. The van der Waals surface area contributed by atoms with Crippen molar-refractivity contribution >= 4 is 49.7 Å². The Hall–Kier alpha value is -6.39. The molecule has 0 saturated heterocycles. The summed E-state index contributed by atoms with van der Waals surface area (Å²) in [6, 6.07) is 60.7. The molecule has 0 aliphatic carbocycles. The van der Waals surface area contributed by atoms with Crippen LogP contribution in [0.4, 0.5) is 0 Å². The lowest BCUT2D eigenvalue weighted by Crippen LogP contribution is -1.95. The molecule has 3 heterocycles. The van der Waals surface area contributed by atoms with Gasteiger partial charge >= 0.3 is 0 Å². The van der Waals surface area contributed by atoms with Gasteiger partial charge in [0.25, 0.3) is 0 Å². The van der Waals surface area contributed by atoms with Crippen LogP contribution in [-0.2, 0) is 0 Å². The Morgan fingerprint density at radius 3 is 1.62 bits per heavy atom. The highest BCUT2D eigenvalue weighted by atomic mass is 15.2. The highest BCUT2D eigenvalue weighted by Gasteiger charge is 2.17. The van der Waals surface area contributed by atoms with Gasteiger partial charge in [-0.2, -0.15) is 0 Å². The summed E-state index contributed by atoms with van der Waals surface area (Å²) in [6.45, 7) is 0. The number of fused-ring (bicyclic) bond motifs is 8. The first kappa shape index (κ1) is 25.9. The van der Waals surface area contributed by atoms with E-state index in [1.165, 1.54) is 44.1 Å². The maximum Gasteiger partial charge on any atom is 0.220 e. The minimum absolute atomic E-state index is 0.923. The SMILES string of the molecule is c1ccc(-c2ccc3c(c2)c2ccccc2n3-c2ccc(-c3ccc(-n4c5ccccc5n5c6ccccc6nc45)cc3)cc2)cc1. The molecule has 0 atom stereocenters. The second kappa shape index (κ2) is 10.1. The van der Waals surface area contributed by atoms with Crippen LogP contribution >= 0.6 is 0 Å². The zero-order valence-electron chi connectivity index (χ0n) is 25.5. The Morgan fingerprint density at radius 2 is 0.872 bits per heavy atom. The molecule has 7 aromatic carbocycles. The summed E-state index contributed by atoms with van der Waals surface area (Å²) >= 11 is 0.